The van der Waals surface area contributed by atoms with E-state index in [9.17, 15) is 4.79 Å². The van der Waals surface area contributed by atoms with Crippen LogP contribution in [0, 0.1) is 35.5 Å². The fourth-order valence-electron chi connectivity index (χ4n) is 4.88. The van der Waals surface area contributed by atoms with Crippen molar-refractivity contribution in [2.24, 2.45) is 35.5 Å². The summed E-state index contributed by atoms with van der Waals surface area (Å²) in [7, 11) is 0. The number of aliphatic carboxylic acids is 1. The lowest BCUT2D eigenvalue weighted by Gasteiger charge is -2.30. The minimum absolute atomic E-state index is 0.0130. The zero-order valence-electron chi connectivity index (χ0n) is 9.36. The third-order valence-electron chi connectivity index (χ3n) is 5.48. The van der Waals surface area contributed by atoms with Crippen LogP contribution < -0.4 is 0 Å². The smallest absolute Gasteiger partial charge is 0.306 e. The number of carbonyl (C=O) groups is 1. The van der Waals surface area contributed by atoms with Gasteiger partial charge in [-0.3, -0.25) is 4.79 Å². The number of rotatable bonds is 2. The average molecular weight is 208 g/mol. The van der Waals surface area contributed by atoms with Crippen LogP contribution in [0.25, 0.3) is 0 Å². The van der Waals surface area contributed by atoms with Crippen LogP contribution in [-0.2, 0) is 4.79 Å². The van der Waals surface area contributed by atoms with Crippen molar-refractivity contribution in [3.05, 3.63) is 0 Å². The molecule has 1 N–H and O–H groups in total. The van der Waals surface area contributed by atoms with Crippen molar-refractivity contribution in [1.29, 1.82) is 0 Å². The van der Waals surface area contributed by atoms with Crippen LogP contribution in [0.3, 0.4) is 0 Å². The maximum Gasteiger partial charge on any atom is 0.306 e. The Morgan fingerprint density at radius 2 is 1.87 bits per heavy atom. The highest BCUT2D eigenvalue weighted by molar-refractivity contribution is 5.70. The molecule has 0 aliphatic heterocycles. The Morgan fingerprint density at radius 1 is 1.13 bits per heavy atom. The summed E-state index contributed by atoms with van der Waals surface area (Å²) in [6.07, 6.45) is 6.09. The molecule has 0 amide bonds. The van der Waals surface area contributed by atoms with Gasteiger partial charge in [0.05, 0.1) is 5.92 Å². The van der Waals surface area contributed by atoms with Crippen LogP contribution in [0.5, 0.6) is 0 Å². The van der Waals surface area contributed by atoms with E-state index in [4.69, 9.17) is 5.11 Å². The number of fused-ring (bicyclic) bond motifs is 5. The molecule has 0 radical (unpaired) electrons. The van der Waals surface area contributed by atoms with E-state index in [0.717, 1.165) is 42.4 Å². The molecule has 0 heterocycles. The normalized spacial score (nSPS) is 52.1. The minimum Gasteiger partial charge on any atom is -0.481 e. The first kappa shape index (κ1) is 9.68. The fourth-order valence-corrected chi connectivity index (χ4v) is 4.88. The quantitative estimate of drug-likeness (QED) is 0.757. The molecule has 3 saturated carbocycles. The summed E-state index contributed by atoms with van der Waals surface area (Å²) in [5.41, 5.74) is 0. The molecule has 2 nitrogen and oxygen atoms in total. The van der Waals surface area contributed by atoms with Gasteiger partial charge in [-0.1, -0.05) is 13.3 Å². The Kier molecular flexibility index (Phi) is 2.08. The van der Waals surface area contributed by atoms with Crippen LogP contribution in [-0.4, -0.2) is 11.1 Å². The Labute approximate surface area is 91.1 Å². The number of carboxylic acids is 1. The zero-order chi connectivity index (χ0) is 10.6. The highest BCUT2D eigenvalue weighted by Gasteiger charge is 2.56. The SMILES string of the molecule is CCC1CC2CC1C1CC(C(=O)O)CC21. The van der Waals surface area contributed by atoms with Crippen molar-refractivity contribution in [3.63, 3.8) is 0 Å². The number of hydrogen-bond donors (Lipinski definition) is 1. The molecule has 0 spiro atoms. The van der Waals surface area contributed by atoms with Gasteiger partial charge in [-0.25, -0.2) is 0 Å². The molecule has 3 aliphatic rings. The van der Waals surface area contributed by atoms with Gasteiger partial charge in [-0.2, -0.15) is 0 Å². The van der Waals surface area contributed by atoms with Crippen molar-refractivity contribution in [2.45, 2.75) is 39.0 Å². The van der Waals surface area contributed by atoms with Gasteiger partial charge in [0.25, 0.3) is 0 Å². The van der Waals surface area contributed by atoms with Gasteiger partial charge >= 0.3 is 5.97 Å². The molecule has 2 bridgehead atoms. The summed E-state index contributed by atoms with van der Waals surface area (Å²) >= 11 is 0. The first-order chi connectivity index (χ1) is 7.20. The van der Waals surface area contributed by atoms with Gasteiger partial charge in [0.2, 0.25) is 0 Å². The molecule has 6 atom stereocenters. The van der Waals surface area contributed by atoms with E-state index < -0.39 is 5.97 Å². The maximum atomic E-state index is 11.0. The molecule has 6 unspecified atom stereocenters. The van der Waals surface area contributed by atoms with Crippen LogP contribution >= 0.6 is 0 Å². The third-order valence-corrected chi connectivity index (χ3v) is 5.48. The van der Waals surface area contributed by atoms with E-state index in [1.165, 1.54) is 19.3 Å². The molecular formula is C13H20O2. The summed E-state index contributed by atoms with van der Waals surface area (Å²) in [6.45, 7) is 2.30. The van der Waals surface area contributed by atoms with Crippen molar-refractivity contribution in [3.8, 4) is 0 Å². The van der Waals surface area contributed by atoms with E-state index in [2.05, 4.69) is 6.92 Å². The molecule has 0 aromatic rings. The summed E-state index contributed by atoms with van der Waals surface area (Å²) in [6, 6.07) is 0. The lowest BCUT2D eigenvalue weighted by atomic mass is 9.75. The van der Waals surface area contributed by atoms with Crippen LogP contribution in [0.2, 0.25) is 0 Å². The summed E-state index contributed by atoms with van der Waals surface area (Å²) in [5, 5.41) is 9.08. The molecule has 0 aromatic heterocycles. The summed E-state index contributed by atoms with van der Waals surface area (Å²) in [5.74, 6) is 3.68. The van der Waals surface area contributed by atoms with Crippen LogP contribution in [0.15, 0.2) is 0 Å². The molecular weight excluding hydrogens is 188 g/mol. The van der Waals surface area contributed by atoms with E-state index >= 15 is 0 Å². The minimum atomic E-state index is -0.545. The monoisotopic (exact) mass is 208 g/mol. The molecule has 84 valence electrons. The molecule has 3 aliphatic carbocycles. The largest absolute Gasteiger partial charge is 0.481 e. The van der Waals surface area contributed by atoms with Gasteiger partial charge in [-0.15, -0.1) is 0 Å². The second kappa shape index (κ2) is 3.23. The highest BCUT2D eigenvalue weighted by atomic mass is 16.4. The average Bonchev–Trinajstić information content (AvgIpc) is 2.87. The van der Waals surface area contributed by atoms with Gasteiger partial charge in [0, 0.05) is 0 Å². The van der Waals surface area contributed by atoms with Gasteiger partial charge in [0.15, 0.2) is 0 Å². The number of carboxylic acid groups (broad SMARTS) is 1. The third kappa shape index (κ3) is 1.26. The molecule has 0 aromatic carbocycles. The highest BCUT2D eigenvalue weighted by Crippen LogP contribution is 2.62. The standard InChI is InChI=1S/C13H20O2/c1-2-7-3-8-4-10(7)12-6-9(13(14)15)5-11(8)12/h7-12H,2-6H2,1H3,(H,14,15). The second-order valence-electron chi connectivity index (χ2n) is 5.90. The van der Waals surface area contributed by atoms with Gasteiger partial charge in [-0.05, 0) is 55.3 Å². The summed E-state index contributed by atoms with van der Waals surface area (Å²) in [4.78, 5) is 11.0. The second-order valence-corrected chi connectivity index (χ2v) is 5.90. The molecule has 3 fully saturated rings. The van der Waals surface area contributed by atoms with E-state index in [1.807, 2.05) is 0 Å². The van der Waals surface area contributed by atoms with Crippen molar-refractivity contribution >= 4 is 5.97 Å². The van der Waals surface area contributed by atoms with E-state index in [-0.39, 0.29) is 5.92 Å². The predicted molar refractivity (Wildman–Crippen MR) is 57.3 cm³/mol. The van der Waals surface area contributed by atoms with Gasteiger partial charge in [0.1, 0.15) is 0 Å². The zero-order valence-corrected chi connectivity index (χ0v) is 9.36. The van der Waals surface area contributed by atoms with Crippen molar-refractivity contribution < 1.29 is 9.90 Å². The van der Waals surface area contributed by atoms with E-state index in [1.54, 1.807) is 0 Å². The summed E-state index contributed by atoms with van der Waals surface area (Å²) < 4.78 is 0. The predicted octanol–water partition coefficient (Wildman–Crippen LogP) is 2.78. The van der Waals surface area contributed by atoms with Crippen LogP contribution in [0.4, 0.5) is 0 Å². The lowest BCUT2D eigenvalue weighted by Crippen LogP contribution is -2.23. The molecule has 2 heteroatoms. The first-order valence-corrected chi connectivity index (χ1v) is 6.43. The Balaban J connectivity index is 1.76. The topological polar surface area (TPSA) is 37.3 Å². The number of hydrogen-bond acceptors (Lipinski definition) is 1. The molecule has 0 saturated heterocycles. The van der Waals surface area contributed by atoms with Crippen molar-refractivity contribution in [1.82, 2.24) is 0 Å². The first-order valence-electron chi connectivity index (χ1n) is 6.43. The van der Waals surface area contributed by atoms with Gasteiger partial charge < -0.3 is 5.11 Å². The maximum absolute atomic E-state index is 11.0. The Morgan fingerprint density at radius 3 is 2.53 bits per heavy atom. The van der Waals surface area contributed by atoms with Crippen molar-refractivity contribution in [2.75, 3.05) is 0 Å². The molecule has 3 rings (SSSR count). The Bertz CT molecular complexity index is 284. The lowest BCUT2D eigenvalue weighted by molar-refractivity contribution is -0.141. The fraction of sp³-hybridized carbons (Fsp3) is 0.923. The van der Waals surface area contributed by atoms with Crippen LogP contribution in [0.1, 0.15) is 39.0 Å². The molecule has 15 heavy (non-hydrogen) atoms. The van der Waals surface area contributed by atoms with E-state index in [0.29, 0.717) is 0 Å². The Hall–Kier alpha value is -0.530.